The molecule has 1 aliphatic rings. The van der Waals surface area contributed by atoms with Crippen molar-refractivity contribution >= 4 is 44.7 Å². The topological polar surface area (TPSA) is 315 Å². The number of rotatable bonds is 8. The number of ether oxygens (including phenoxy) is 1. The first-order valence-electron chi connectivity index (χ1n) is 10.8. The number of thiol groups is 1. The van der Waals surface area contributed by atoms with E-state index >= 15 is 0 Å². The van der Waals surface area contributed by atoms with Crippen molar-refractivity contribution in [2.45, 2.75) is 44.8 Å². The molecule has 0 spiro atoms. The van der Waals surface area contributed by atoms with E-state index in [0.29, 0.717) is 0 Å². The molecule has 8 N–H and O–H groups in total. The van der Waals surface area contributed by atoms with Crippen LogP contribution in [-0.2, 0) is 64.9 Å². The molecule has 0 aliphatic carbocycles. The number of nitrogen functional groups attached to an aromatic ring is 1. The second-order valence-electron chi connectivity index (χ2n) is 7.94. The van der Waals surface area contributed by atoms with Crippen LogP contribution in [0, 0.1) is 27.1 Å². The number of aliphatic hydroxyl groups is 2. The number of anilines is 1. The van der Waals surface area contributed by atoms with Gasteiger partial charge in [-0.05, 0) is 19.4 Å². The second-order valence-corrected chi connectivity index (χ2v) is 9.32. The van der Waals surface area contributed by atoms with Crippen LogP contribution in [0.25, 0.3) is 11.2 Å². The minimum atomic E-state index is -4.89. The van der Waals surface area contributed by atoms with Crippen LogP contribution in [0.15, 0.2) is 15.9 Å². The van der Waals surface area contributed by atoms with Crippen LogP contribution in [0.5, 0.6) is 5.75 Å². The fourth-order valence-electron chi connectivity index (χ4n) is 3.71. The van der Waals surface area contributed by atoms with Gasteiger partial charge in [-0.3, -0.25) is 30.0 Å². The second kappa shape index (κ2) is 17.9. The fraction of sp³-hybridized carbons (Fsp3) is 0.381. The van der Waals surface area contributed by atoms with Crippen LogP contribution in [0.3, 0.4) is 0 Å². The van der Waals surface area contributed by atoms with Gasteiger partial charge in [0.25, 0.3) is 5.56 Å². The number of hydrogen-bond donors (Lipinski definition) is 5. The van der Waals surface area contributed by atoms with Crippen LogP contribution >= 0.6 is 7.82 Å². The zero-order valence-corrected chi connectivity index (χ0v) is 24.8. The number of pyridine rings is 1. The van der Waals surface area contributed by atoms with Crippen LogP contribution in [-0.4, -0.2) is 71.3 Å². The Bertz CT molecular complexity index is 1590. The van der Waals surface area contributed by atoms with Crippen LogP contribution in [0.2, 0.25) is 0 Å². The van der Waals surface area contributed by atoms with Gasteiger partial charge in [-0.15, -0.1) is 6.42 Å². The Morgan fingerprint density at radius 1 is 1.23 bits per heavy atom. The predicted octanol–water partition coefficient (Wildman–Crippen LogP) is -3.07. The number of fused-ring (bicyclic) bond motifs is 1. The number of nitrogens with one attached hydrogen (secondary N) is 1. The van der Waals surface area contributed by atoms with E-state index in [9.17, 15) is 34.1 Å². The summed E-state index contributed by atoms with van der Waals surface area (Å²) in [6.07, 6.45) is -3.34. The fourth-order valence-corrected chi connectivity index (χ4v) is 4.61. The normalized spacial score (nSPS) is 19.8. The number of carbonyl (C=O) groups excluding carboxylic acids is 1. The van der Waals surface area contributed by atoms with Gasteiger partial charge in [-0.25, -0.2) is 9.55 Å². The molecule has 1 saturated heterocycles. The number of aromatic amines is 1. The molecule has 5 atom stereocenters. The van der Waals surface area contributed by atoms with Crippen molar-refractivity contribution in [2.24, 2.45) is 0 Å². The maximum Gasteiger partial charge on any atom is 2.00 e. The van der Waals surface area contributed by atoms with Crippen LogP contribution < -0.4 is 26.4 Å². The Labute approximate surface area is 259 Å². The Morgan fingerprint density at radius 2 is 1.84 bits per heavy atom. The zero-order valence-electron chi connectivity index (χ0n) is 21.9. The zero-order chi connectivity index (χ0) is 30.4. The minimum Gasteiger partial charge on any atom is -0.813 e. The largest absolute Gasteiger partial charge is 2.00 e. The molecular formula is C21H24FeN6O13PS-. The van der Waals surface area contributed by atoms with E-state index < -0.39 is 50.1 Å². The van der Waals surface area contributed by atoms with Gasteiger partial charge in [0.1, 0.15) is 24.1 Å². The van der Waals surface area contributed by atoms with E-state index in [4.69, 9.17) is 28.8 Å². The molecule has 0 radical (unpaired) electrons. The summed E-state index contributed by atoms with van der Waals surface area (Å²) in [5.74, 6) is -0.492. The van der Waals surface area contributed by atoms with E-state index in [2.05, 4.69) is 33.2 Å². The molecule has 3 aromatic heterocycles. The standard InChI is InChI=1S/C19H22N6O10P.2CO.Fe.H2O.H2S/c1-7-9(3-4-26)22-16(29)8(2)14(7)35-36(31,32)33-5-10-12(27)13(28)18(34-10)25-6-21-11-15(25)23-19(20)24-17(11)30;2*1-2;;;/h6,10,12-13,18,27-28H,3,5H2,1-2H3,(H5,20,22,23,24,29,30,31,32);;;;2*1H2/q-1;;;+2;;/p-2/t10-,12-,13-,18-;;;;;/m1...../s1. The van der Waals surface area contributed by atoms with Crippen molar-refractivity contribution in [3.8, 4) is 5.75 Å². The van der Waals surface area contributed by atoms with Crippen molar-refractivity contribution in [2.75, 3.05) is 12.3 Å². The molecular weight excluding hydrogens is 663 g/mol. The summed E-state index contributed by atoms with van der Waals surface area (Å²) in [4.78, 5) is 58.8. The Kier molecular flexibility index (Phi) is 17.5. The Balaban J connectivity index is 0. The number of nitrogens with zero attached hydrogens (tertiary/aromatic N) is 4. The smallest absolute Gasteiger partial charge is 0.813 e. The monoisotopic (exact) mass is 687 g/mol. The summed E-state index contributed by atoms with van der Waals surface area (Å²) in [6.45, 7) is 11.0. The minimum absolute atomic E-state index is 0. The van der Waals surface area contributed by atoms with E-state index in [-0.39, 0.29) is 82.1 Å². The molecule has 0 bridgehead atoms. The average molecular weight is 687 g/mol. The maximum atomic E-state index is 12.6. The molecule has 236 valence electrons. The van der Waals surface area contributed by atoms with Crippen LogP contribution in [0.4, 0.5) is 5.95 Å². The SMILES string of the molecule is Cc1c(C[C-]=O)[n-]c(=O)c(C)c1OP(=O)(O)OC[C@H]1O[C@@H](n2cnc3c(=O)[nH]c(N)nc32)[C@H](O)[C@@H]1O.O.[C-]#[O+].[C-]#[O+].[Fe+2].[SH-]. The summed E-state index contributed by atoms with van der Waals surface area (Å²) in [5, 5.41) is 20.9. The number of imidazole rings is 1. The molecule has 19 nitrogen and oxygen atoms in total. The molecule has 0 aromatic carbocycles. The van der Waals surface area contributed by atoms with Crippen molar-refractivity contribution in [3.63, 3.8) is 0 Å². The van der Waals surface area contributed by atoms with Crippen molar-refractivity contribution in [3.05, 3.63) is 57.2 Å². The molecule has 1 unspecified atom stereocenters. The summed E-state index contributed by atoms with van der Waals surface area (Å²) < 4.78 is 44.4. The van der Waals surface area contributed by atoms with Gasteiger partial charge >= 0.3 is 47.5 Å². The molecule has 1 fully saturated rings. The van der Waals surface area contributed by atoms with Crippen molar-refractivity contribution in [1.82, 2.24) is 24.5 Å². The van der Waals surface area contributed by atoms with Gasteiger partial charge in [0.2, 0.25) is 5.95 Å². The first kappa shape index (κ1) is 42.0. The number of aliphatic hydroxyl groups excluding tert-OH is 2. The van der Waals surface area contributed by atoms with E-state index in [0.717, 1.165) is 6.33 Å². The molecule has 1 aliphatic heterocycles. The molecule has 43 heavy (non-hydrogen) atoms. The quantitative estimate of drug-likeness (QED) is 0.0392. The number of H-pyrrole nitrogens is 1. The third kappa shape index (κ3) is 9.20. The van der Waals surface area contributed by atoms with Gasteiger partial charge in [0.15, 0.2) is 17.4 Å². The molecule has 4 heterocycles. The number of hydrogen-bond acceptors (Lipinski definition) is 13. The number of aromatic nitrogens is 5. The van der Waals surface area contributed by atoms with Gasteiger partial charge < -0.3 is 58.8 Å². The average Bonchev–Trinajstić information content (AvgIpc) is 3.47. The van der Waals surface area contributed by atoms with Gasteiger partial charge in [0, 0.05) is 5.56 Å². The number of phosphoric ester groups is 1. The third-order valence-corrected chi connectivity index (χ3v) is 6.47. The summed E-state index contributed by atoms with van der Waals surface area (Å²) in [5.41, 5.74) is 4.18. The maximum absolute atomic E-state index is 12.6. The molecule has 0 saturated carbocycles. The Hall–Kier alpha value is -3.09. The van der Waals surface area contributed by atoms with E-state index in [1.165, 1.54) is 18.4 Å². The van der Waals surface area contributed by atoms with E-state index in [1.807, 2.05) is 0 Å². The van der Waals surface area contributed by atoms with E-state index in [1.54, 1.807) is 6.29 Å². The first-order valence-corrected chi connectivity index (χ1v) is 12.3. The number of nitrogens with two attached hydrogens (primary N) is 1. The molecule has 22 heteroatoms. The van der Waals surface area contributed by atoms with Gasteiger partial charge in [0.05, 0.1) is 18.5 Å². The summed E-state index contributed by atoms with van der Waals surface area (Å²) in [6, 6.07) is 0. The predicted molar refractivity (Wildman–Crippen MR) is 140 cm³/mol. The van der Waals surface area contributed by atoms with Crippen molar-refractivity contribution in [1.29, 1.82) is 0 Å². The Morgan fingerprint density at radius 3 is 2.42 bits per heavy atom. The van der Waals surface area contributed by atoms with Crippen LogP contribution in [0.1, 0.15) is 23.0 Å². The van der Waals surface area contributed by atoms with Gasteiger partial charge in [-0.1, -0.05) is 0 Å². The van der Waals surface area contributed by atoms with Crippen molar-refractivity contribution < 1.29 is 70.1 Å². The summed E-state index contributed by atoms with van der Waals surface area (Å²) >= 11 is 0. The van der Waals surface area contributed by atoms with Gasteiger partial charge in [-0.2, -0.15) is 10.7 Å². The molecule has 0 amide bonds. The third-order valence-electron chi connectivity index (χ3n) is 5.58. The number of phosphoric acid groups is 1. The summed E-state index contributed by atoms with van der Waals surface area (Å²) in [7, 11) is -4.89. The first-order chi connectivity index (χ1) is 18.9. The molecule has 3 aromatic rings. The molecule has 4 rings (SSSR count).